The number of carbonyl (C=O) groups excluding carboxylic acids is 1. The van der Waals surface area contributed by atoms with E-state index >= 15 is 0 Å². The van der Waals surface area contributed by atoms with Gasteiger partial charge in [-0.2, -0.15) is 0 Å². The maximum Gasteiger partial charge on any atom is 0.325 e. The van der Waals surface area contributed by atoms with Crippen LogP contribution >= 0.6 is 11.3 Å². The number of ether oxygens (including phenoxy) is 2. The highest BCUT2D eigenvalue weighted by atomic mass is 32.1. The molecule has 0 aliphatic rings. The van der Waals surface area contributed by atoms with Crippen molar-refractivity contribution in [3.05, 3.63) is 52.4 Å². The van der Waals surface area contributed by atoms with Crippen LogP contribution in [0.5, 0.6) is 11.5 Å². The zero-order chi connectivity index (χ0) is 20.3. The molecule has 0 unspecified atom stereocenters. The molecular formula is C21H23N3O3S. The summed E-state index contributed by atoms with van der Waals surface area (Å²) < 4.78 is 10.6. The lowest BCUT2D eigenvalue weighted by molar-refractivity contribution is 0.262. The summed E-state index contributed by atoms with van der Waals surface area (Å²) in [5.74, 6) is 1.01. The Morgan fingerprint density at radius 2 is 1.75 bits per heavy atom. The van der Waals surface area contributed by atoms with Crippen molar-refractivity contribution in [1.82, 2.24) is 4.98 Å². The fraction of sp³-hybridized carbons (Fsp3) is 0.238. The van der Waals surface area contributed by atoms with Crippen LogP contribution in [0.4, 0.5) is 15.6 Å². The largest absolute Gasteiger partial charge is 0.493 e. The number of hydrogen-bond acceptors (Lipinski definition) is 5. The number of thiazole rings is 1. The van der Waals surface area contributed by atoms with Gasteiger partial charge in [0, 0.05) is 10.9 Å². The number of para-hydroxylation sites is 1. The fourth-order valence-corrected chi connectivity index (χ4v) is 3.96. The molecule has 28 heavy (non-hydrogen) atoms. The quantitative estimate of drug-likeness (QED) is 0.605. The monoisotopic (exact) mass is 397 g/mol. The summed E-state index contributed by atoms with van der Waals surface area (Å²) in [5, 5.41) is 8.03. The SMILES string of the molecule is COc1cccc(NC(=O)Nc2nc(-c3c(C)cc(C)cc3C)cs2)c1OC. The van der Waals surface area contributed by atoms with Crippen molar-refractivity contribution in [2.24, 2.45) is 0 Å². The number of methoxy groups -OCH3 is 2. The molecule has 0 bridgehead atoms. The average molecular weight is 398 g/mol. The number of urea groups is 1. The van der Waals surface area contributed by atoms with E-state index in [1.54, 1.807) is 25.3 Å². The Kier molecular flexibility index (Phi) is 5.84. The second kappa shape index (κ2) is 8.31. The van der Waals surface area contributed by atoms with Crippen LogP contribution in [0.25, 0.3) is 11.3 Å². The first-order valence-electron chi connectivity index (χ1n) is 8.75. The van der Waals surface area contributed by atoms with Gasteiger partial charge in [0.1, 0.15) is 0 Å². The van der Waals surface area contributed by atoms with Gasteiger partial charge in [-0.3, -0.25) is 5.32 Å². The maximum atomic E-state index is 12.4. The number of anilines is 2. The lowest BCUT2D eigenvalue weighted by atomic mass is 9.98. The number of nitrogens with one attached hydrogen (secondary N) is 2. The Labute approximate surface area is 168 Å². The minimum atomic E-state index is -0.398. The van der Waals surface area contributed by atoms with E-state index in [0.717, 1.165) is 11.3 Å². The second-order valence-electron chi connectivity index (χ2n) is 6.43. The number of aromatic nitrogens is 1. The molecule has 0 saturated heterocycles. The second-order valence-corrected chi connectivity index (χ2v) is 7.29. The van der Waals surface area contributed by atoms with E-state index in [0.29, 0.717) is 22.3 Å². The van der Waals surface area contributed by atoms with E-state index in [1.165, 1.54) is 35.1 Å². The molecule has 0 fully saturated rings. The third-order valence-corrected chi connectivity index (χ3v) is 5.07. The summed E-state index contributed by atoms with van der Waals surface area (Å²) in [4.78, 5) is 17.0. The van der Waals surface area contributed by atoms with Crippen LogP contribution < -0.4 is 20.1 Å². The van der Waals surface area contributed by atoms with Gasteiger partial charge in [0.2, 0.25) is 0 Å². The topological polar surface area (TPSA) is 72.5 Å². The molecule has 2 N–H and O–H groups in total. The van der Waals surface area contributed by atoms with Crippen molar-refractivity contribution in [2.75, 3.05) is 24.9 Å². The van der Waals surface area contributed by atoms with Crippen LogP contribution in [-0.4, -0.2) is 25.2 Å². The van der Waals surface area contributed by atoms with Gasteiger partial charge in [0.15, 0.2) is 16.6 Å². The minimum absolute atomic E-state index is 0.398. The molecule has 0 saturated carbocycles. The summed E-state index contributed by atoms with van der Waals surface area (Å²) in [6.07, 6.45) is 0. The van der Waals surface area contributed by atoms with Gasteiger partial charge in [-0.25, -0.2) is 9.78 Å². The first-order chi connectivity index (χ1) is 13.4. The first kappa shape index (κ1) is 19.7. The highest BCUT2D eigenvalue weighted by Gasteiger charge is 2.15. The lowest BCUT2D eigenvalue weighted by Crippen LogP contribution is -2.19. The van der Waals surface area contributed by atoms with Crippen LogP contribution in [-0.2, 0) is 0 Å². The number of rotatable bonds is 5. The molecule has 0 aliphatic carbocycles. The molecule has 2 amide bonds. The molecule has 7 heteroatoms. The van der Waals surface area contributed by atoms with Crippen molar-refractivity contribution < 1.29 is 14.3 Å². The standard InChI is InChI=1S/C21H23N3O3S/c1-12-9-13(2)18(14(3)10-12)16-11-28-21(23-16)24-20(25)22-15-7-6-8-17(26-4)19(15)27-5/h6-11H,1-5H3,(H2,22,23,24,25). The number of nitrogens with zero attached hydrogens (tertiary/aromatic N) is 1. The predicted molar refractivity (Wildman–Crippen MR) is 114 cm³/mol. The van der Waals surface area contributed by atoms with Gasteiger partial charge in [-0.1, -0.05) is 23.8 Å². The summed E-state index contributed by atoms with van der Waals surface area (Å²) >= 11 is 1.38. The number of benzene rings is 2. The zero-order valence-corrected chi connectivity index (χ0v) is 17.4. The Hall–Kier alpha value is -3.06. The molecule has 0 atom stereocenters. The molecular weight excluding hydrogens is 374 g/mol. The van der Waals surface area contributed by atoms with Crippen LogP contribution in [0.2, 0.25) is 0 Å². The van der Waals surface area contributed by atoms with Gasteiger partial charge < -0.3 is 14.8 Å². The van der Waals surface area contributed by atoms with Gasteiger partial charge in [-0.05, 0) is 44.0 Å². The van der Waals surface area contributed by atoms with Crippen molar-refractivity contribution in [3.63, 3.8) is 0 Å². The molecule has 146 valence electrons. The Morgan fingerprint density at radius 1 is 1.04 bits per heavy atom. The highest BCUT2D eigenvalue weighted by Crippen LogP contribution is 2.35. The van der Waals surface area contributed by atoms with E-state index in [1.807, 2.05) is 5.38 Å². The summed E-state index contributed by atoms with van der Waals surface area (Å²) in [6.45, 7) is 6.22. The summed E-state index contributed by atoms with van der Waals surface area (Å²) in [7, 11) is 3.08. The number of hydrogen-bond donors (Lipinski definition) is 2. The predicted octanol–water partition coefficient (Wildman–Crippen LogP) is 5.40. The van der Waals surface area contributed by atoms with Gasteiger partial charge >= 0.3 is 6.03 Å². The molecule has 0 spiro atoms. The lowest BCUT2D eigenvalue weighted by Gasteiger charge is -2.13. The van der Waals surface area contributed by atoms with E-state index in [4.69, 9.17) is 9.47 Å². The van der Waals surface area contributed by atoms with E-state index in [2.05, 4.69) is 48.5 Å². The molecule has 3 aromatic rings. The third kappa shape index (κ3) is 4.09. The zero-order valence-electron chi connectivity index (χ0n) is 16.5. The smallest absolute Gasteiger partial charge is 0.325 e. The summed E-state index contributed by atoms with van der Waals surface area (Å²) in [6, 6.07) is 9.16. The van der Waals surface area contributed by atoms with Crippen LogP contribution in [0, 0.1) is 20.8 Å². The van der Waals surface area contributed by atoms with Crippen LogP contribution in [0.3, 0.4) is 0 Å². The molecule has 1 aromatic heterocycles. The third-order valence-electron chi connectivity index (χ3n) is 4.31. The molecule has 2 aromatic carbocycles. The number of carbonyl (C=O) groups is 1. The fourth-order valence-electron chi connectivity index (χ4n) is 3.27. The van der Waals surface area contributed by atoms with Gasteiger partial charge in [-0.15, -0.1) is 11.3 Å². The average Bonchev–Trinajstić information content (AvgIpc) is 3.08. The van der Waals surface area contributed by atoms with Gasteiger partial charge in [0.05, 0.1) is 25.6 Å². The maximum absolute atomic E-state index is 12.4. The Bertz CT molecular complexity index is 991. The number of aryl methyl sites for hydroxylation is 3. The van der Waals surface area contributed by atoms with Crippen molar-refractivity contribution in [2.45, 2.75) is 20.8 Å². The van der Waals surface area contributed by atoms with E-state index in [9.17, 15) is 4.79 Å². The van der Waals surface area contributed by atoms with Crippen LogP contribution in [0.15, 0.2) is 35.7 Å². The van der Waals surface area contributed by atoms with Crippen LogP contribution in [0.1, 0.15) is 16.7 Å². The van der Waals surface area contributed by atoms with Crippen molar-refractivity contribution in [3.8, 4) is 22.8 Å². The number of amides is 2. The molecule has 0 radical (unpaired) electrons. The summed E-state index contributed by atoms with van der Waals surface area (Å²) in [5.41, 5.74) is 6.03. The molecule has 1 heterocycles. The Balaban J connectivity index is 1.77. The van der Waals surface area contributed by atoms with E-state index in [-0.39, 0.29) is 0 Å². The molecule has 6 nitrogen and oxygen atoms in total. The van der Waals surface area contributed by atoms with Crippen molar-refractivity contribution in [1.29, 1.82) is 0 Å². The highest BCUT2D eigenvalue weighted by molar-refractivity contribution is 7.14. The van der Waals surface area contributed by atoms with Crippen molar-refractivity contribution >= 4 is 28.2 Å². The van der Waals surface area contributed by atoms with E-state index < -0.39 is 6.03 Å². The normalized spacial score (nSPS) is 10.5. The molecule has 3 rings (SSSR count). The van der Waals surface area contributed by atoms with Gasteiger partial charge in [0.25, 0.3) is 0 Å². The minimum Gasteiger partial charge on any atom is -0.493 e. The first-order valence-corrected chi connectivity index (χ1v) is 9.63. The molecule has 0 aliphatic heterocycles. The Morgan fingerprint density at radius 3 is 2.39 bits per heavy atom.